The van der Waals surface area contributed by atoms with Crippen molar-refractivity contribution in [1.82, 2.24) is 15.1 Å². The van der Waals surface area contributed by atoms with E-state index in [-0.39, 0.29) is 18.4 Å². The number of carbonyl (C=O) groups excluding carboxylic acids is 3. The highest BCUT2D eigenvalue weighted by Crippen LogP contribution is 2.22. The van der Waals surface area contributed by atoms with Crippen LogP contribution < -0.4 is 5.32 Å². The molecule has 0 saturated carbocycles. The van der Waals surface area contributed by atoms with Gasteiger partial charge in [-0.15, -0.1) is 0 Å². The van der Waals surface area contributed by atoms with E-state index in [1.807, 2.05) is 36.4 Å². The molecule has 156 valence electrons. The highest BCUT2D eigenvalue weighted by molar-refractivity contribution is 6.06. The third kappa shape index (κ3) is 4.70. The minimum Gasteiger partial charge on any atom is -0.341 e. The molecule has 2 heterocycles. The summed E-state index contributed by atoms with van der Waals surface area (Å²) < 4.78 is 0. The Morgan fingerprint density at radius 2 is 1.43 bits per heavy atom. The van der Waals surface area contributed by atoms with E-state index in [1.165, 1.54) is 5.56 Å². The lowest BCUT2D eigenvalue weighted by molar-refractivity contribution is -0.138. The molecule has 2 aromatic carbocycles. The highest BCUT2D eigenvalue weighted by atomic mass is 16.2. The van der Waals surface area contributed by atoms with Crippen LogP contribution in [0.1, 0.15) is 24.0 Å². The minimum absolute atomic E-state index is 0.156. The highest BCUT2D eigenvalue weighted by Gasteiger charge is 2.39. The summed E-state index contributed by atoms with van der Waals surface area (Å²) in [5.74, 6) is 0.0802. The first-order chi connectivity index (χ1) is 14.6. The first kappa shape index (κ1) is 20.1. The number of nitrogens with one attached hydrogen (secondary N) is 1. The first-order valence-corrected chi connectivity index (χ1v) is 10.6. The van der Waals surface area contributed by atoms with Crippen molar-refractivity contribution in [2.45, 2.75) is 31.7 Å². The van der Waals surface area contributed by atoms with Gasteiger partial charge < -0.3 is 10.2 Å². The van der Waals surface area contributed by atoms with Crippen molar-refractivity contribution in [3.05, 3.63) is 71.8 Å². The fourth-order valence-electron chi connectivity index (χ4n) is 4.28. The Labute approximate surface area is 176 Å². The third-order valence-electron chi connectivity index (χ3n) is 6.02. The van der Waals surface area contributed by atoms with Crippen LogP contribution in [0.2, 0.25) is 0 Å². The molecule has 2 aliphatic rings. The molecule has 1 unspecified atom stereocenters. The maximum absolute atomic E-state index is 12.7. The number of likely N-dealkylation sites (tertiary alicyclic amines) is 1. The van der Waals surface area contributed by atoms with E-state index in [0.29, 0.717) is 25.4 Å². The zero-order chi connectivity index (χ0) is 20.9. The Morgan fingerprint density at radius 1 is 0.867 bits per heavy atom. The molecule has 1 N–H and O–H groups in total. The molecule has 0 aliphatic carbocycles. The van der Waals surface area contributed by atoms with Gasteiger partial charge >= 0.3 is 6.03 Å². The lowest BCUT2D eigenvalue weighted by Gasteiger charge is -2.32. The van der Waals surface area contributed by atoms with Crippen molar-refractivity contribution in [2.75, 3.05) is 19.6 Å². The molecule has 4 rings (SSSR count). The number of nitrogens with zero attached hydrogens (tertiary/aromatic N) is 2. The van der Waals surface area contributed by atoms with Gasteiger partial charge in [0.25, 0.3) is 5.91 Å². The molecule has 2 fully saturated rings. The lowest BCUT2D eigenvalue weighted by atomic mass is 9.90. The van der Waals surface area contributed by atoms with Crippen LogP contribution in [0.5, 0.6) is 0 Å². The summed E-state index contributed by atoms with van der Waals surface area (Å²) >= 11 is 0. The minimum atomic E-state index is -0.607. The molecular weight excluding hydrogens is 378 g/mol. The van der Waals surface area contributed by atoms with Crippen molar-refractivity contribution in [2.24, 2.45) is 5.92 Å². The van der Waals surface area contributed by atoms with Crippen molar-refractivity contribution >= 4 is 17.8 Å². The molecule has 0 bridgehead atoms. The Bertz CT molecular complexity index is 892. The molecule has 6 heteroatoms. The largest absolute Gasteiger partial charge is 0.341 e. The third-order valence-corrected chi connectivity index (χ3v) is 6.02. The van der Waals surface area contributed by atoms with E-state index in [9.17, 15) is 14.4 Å². The van der Waals surface area contributed by atoms with Crippen LogP contribution in [0.25, 0.3) is 0 Å². The molecule has 30 heavy (non-hydrogen) atoms. The first-order valence-electron chi connectivity index (χ1n) is 10.6. The fraction of sp³-hybridized carbons (Fsp3) is 0.375. The predicted molar refractivity (Wildman–Crippen MR) is 114 cm³/mol. The Hall–Kier alpha value is -3.15. The van der Waals surface area contributed by atoms with Gasteiger partial charge in [-0.1, -0.05) is 60.7 Å². The Balaban J connectivity index is 1.27. The summed E-state index contributed by atoms with van der Waals surface area (Å²) in [5.41, 5.74) is 2.30. The molecule has 0 spiro atoms. The number of urea groups is 1. The molecule has 0 aromatic heterocycles. The monoisotopic (exact) mass is 405 g/mol. The summed E-state index contributed by atoms with van der Waals surface area (Å²) in [6, 6.07) is 18.9. The number of imide groups is 1. The maximum Gasteiger partial charge on any atom is 0.325 e. The predicted octanol–water partition coefficient (Wildman–Crippen LogP) is 2.63. The van der Waals surface area contributed by atoms with Gasteiger partial charge in [0, 0.05) is 19.5 Å². The average Bonchev–Trinajstić information content (AvgIpc) is 3.03. The number of amides is 4. The lowest BCUT2D eigenvalue weighted by Crippen LogP contribution is -2.46. The van der Waals surface area contributed by atoms with E-state index in [0.717, 1.165) is 29.7 Å². The van der Waals surface area contributed by atoms with E-state index in [4.69, 9.17) is 0 Å². The van der Waals surface area contributed by atoms with Crippen LogP contribution in [0, 0.1) is 5.92 Å². The van der Waals surface area contributed by atoms with Gasteiger partial charge in [0.1, 0.15) is 12.6 Å². The van der Waals surface area contributed by atoms with Crippen molar-refractivity contribution < 1.29 is 14.4 Å². The molecule has 2 aromatic rings. The standard InChI is InChI=1S/C24H27N3O3/c28-22(26-13-11-20(12-14-26)15-18-7-3-1-4-8-18)17-27-23(29)21(25-24(27)30)16-19-9-5-2-6-10-19/h1-10,20-21H,11-17H2,(H,25,30). The fourth-order valence-corrected chi connectivity index (χ4v) is 4.28. The van der Waals surface area contributed by atoms with Crippen LogP contribution in [0.4, 0.5) is 4.79 Å². The van der Waals surface area contributed by atoms with E-state index >= 15 is 0 Å². The molecular formula is C24H27N3O3. The second-order valence-corrected chi connectivity index (χ2v) is 8.13. The van der Waals surface area contributed by atoms with Gasteiger partial charge in [-0.05, 0) is 36.3 Å². The Morgan fingerprint density at radius 3 is 2.03 bits per heavy atom. The average molecular weight is 405 g/mol. The maximum atomic E-state index is 12.7. The summed E-state index contributed by atoms with van der Waals surface area (Å²) in [6.45, 7) is 1.17. The van der Waals surface area contributed by atoms with Crippen LogP contribution in [-0.4, -0.2) is 53.3 Å². The summed E-state index contributed by atoms with van der Waals surface area (Å²) in [7, 11) is 0. The van der Waals surface area contributed by atoms with Gasteiger partial charge in [0.15, 0.2) is 0 Å². The Kier molecular flexibility index (Phi) is 6.12. The number of hydrogen-bond acceptors (Lipinski definition) is 3. The van der Waals surface area contributed by atoms with Crippen molar-refractivity contribution in [1.29, 1.82) is 0 Å². The van der Waals surface area contributed by atoms with E-state index < -0.39 is 12.1 Å². The number of carbonyl (C=O) groups is 3. The topological polar surface area (TPSA) is 69.7 Å². The number of hydrogen-bond donors (Lipinski definition) is 1. The van der Waals surface area contributed by atoms with Crippen LogP contribution in [0.3, 0.4) is 0 Å². The molecule has 0 radical (unpaired) electrons. The van der Waals surface area contributed by atoms with Crippen LogP contribution in [-0.2, 0) is 22.4 Å². The van der Waals surface area contributed by atoms with E-state index in [2.05, 4.69) is 29.6 Å². The second kappa shape index (κ2) is 9.11. The quantitative estimate of drug-likeness (QED) is 0.751. The zero-order valence-electron chi connectivity index (χ0n) is 17.0. The summed E-state index contributed by atoms with van der Waals surface area (Å²) in [5, 5.41) is 2.71. The van der Waals surface area contributed by atoms with Crippen molar-refractivity contribution in [3.63, 3.8) is 0 Å². The van der Waals surface area contributed by atoms with Gasteiger partial charge in [0.05, 0.1) is 0 Å². The number of piperidine rings is 1. The number of rotatable bonds is 6. The molecule has 2 aliphatic heterocycles. The number of benzene rings is 2. The zero-order valence-corrected chi connectivity index (χ0v) is 17.0. The molecule has 4 amide bonds. The van der Waals surface area contributed by atoms with Crippen LogP contribution in [0.15, 0.2) is 60.7 Å². The van der Waals surface area contributed by atoms with Gasteiger partial charge in [-0.3, -0.25) is 14.5 Å². The second-order valence-electron chi connectivity index (χ2n) is 8.13. The molecule has 6 nitrogen and oxygen atoms in total. The summed E-state index contributed by atoms with van der Waals surface area (Å²) in [4.78, 5) is 40.5. The smallest absolute Gasteiger partial charge is 0.325 e. The van der Waals surface area contributed by atoms with Gasteiger partial charge in [-0.2, -0.15) is 0 Å². The molecule has 1 atom stereocenters. The SMILES string of the molecule is O=C(CN1C(=O)NC(Cc2ccccc2)C1=O)N1CCC(Cc2ccccc2)CC1. The van der Waals surface area contributed by atoms with Gasteiger partial charge in [-0.25, -0.2) is 4.79 Å². The normalized spacial score (nSPS) is 19.8. The van der Waals surface area contributed by atoms with Crippen molar-refractivity contribution in [3.8, 4) is 0 Å². The van der Waals surface area contributed by atoms with Gasteiger partial charge in [0.2, 0.25) is 5.91 Å². The summed E-state index contributed by atoms with van der Waals surface area (Å²) in [6.07, 6.45) is 3.34. The van der Waals surface area contributed by atoms with E-state index in [1.54, 1.807) is 4.90 Å². The van der Waals surface area contributed by atoms with Crippen LogP contribution >= 0.6 is 0 Å². The molecule has 2 saturated heterocycles.